The molecule has 0 radical (unpaired) electrons. The van der Waals surface area contributed by atoms with Gasteiger partial charge >= 0.3 is 5.97 Å². The number of para-hydroxylation sites is 2. The molecule has 4 aromatic rings. The van der Waals surface area contributed by atoms with E-state index in [4.69, 9.17) is 14.5 Å². The van der Waals surface area contributed by atoms with E-state index in [1.807, 2.05) is 54.6 Å². The molecule has 0 spiro atoms. The first-order valence-electron chi connectivity index (χ1n) is 12.2. The van der Waals surface area contributed by atoms with Crippen LogP contribution in [0.3, 0.4) is 0 Å². The minimum atomic E-state index is -0.174. The van der Waals surface area contributed by atoms with Gasteiger partial charge in [-0.2, -0.15) is 0 Å². The molecule has 0 aliphatic carbocycles. The quantitative estimate of drug-likeness (QED) is 0.146. The van der Waals surface area contributed by atoms with Crippen molar-refractivity contribution in [1.82, 2.24) is 4.98 Å². The van der Waals surface area contributed by atoms with Crippen LogP contribution in [0, 0.1) is 0 Å². The van der Waals surface area contributed by atoms with E-state index in [0.29, 0.717) is 31.9 Å². The largest absolute Gasteiger partial charge is 0.466 e. The van der Waals surface area contributed by atoms with Crippen molar-refractivity contribution in [3.63, 3.8) is 0 Å². The topological polar surface area (TPSA) is 89.5 Å². The average Bonchev–Trinajstić information content (AvgIpc) is 2.85. The second kappa shape index (κ2) is 12.1. The Balaban J connectivity index is 1.54. The van der Waals surface area contributed by atoms with Gasteiger partial charge in [0.2, 0.25) is 5.91 Å². The molecule has 0 fully saturated rings. The number of hydrogen-bond acceptors (Lipinski definition) is 6. The van der Waals surface area contributed by atoms with Crippen LogP contribution in [0.25, 0.3) is 21.8 Å². The molecular formula is C29H31N3O4. The van der Waals surface area contributed by atoms with Gasteiger partial charge < -0.3 is 20.1 Å². The number of carbonyl (C=O) groups is 2. The predicted molar refractivity (Wildman–Crippen MR) is 143 cm³/mol. The summed E-state index contributed by atoms with van der Waals surface area (Å²) in [6, 6.07) is 21.9. The Hall–Kier alpha value is -3.97. The molecule has 0 saturated carbocycles. The van der Waals surface area contributed by atoms with Gasteiger partial charge in [0, 0.05) is 42.1 Å². The number of hydrogen-bond donors (Lipinski definition) is 2. The molecule has 0 unspecified atom stereocenters. The zero-order chi connectivity index (χ0) is 25.3. The highest BCUT2D eigenvalue weighted by molar-refractivity contribution is 6.08. The number of esters is 1. The van der Waals surface area contributed by atoms with Gasteiger partial charge in [0.05, 0.1) is 29.9 Å². The highest BCUT2D eigenvalue weighted by atomic mass is 16.5. The van der Waals surface area contributed by atoms with Crippen LogP contribution in [-0.2, 0) is 25.7 Å². The van der Waals surface area contributed by atoms with Crippen LogP contribution in [0.15, 0.2) is 66.7 Å². The lowest BCUT2D eigenvalue weighted by Crippen LogP contribution is -2.07. The second-order valence-corrected chi connectivity index (χ2v) is 8.56. The van der Waals surface area contributed by atoms with Gasteiger partial charge in [-0.1, -0.05) is 36.4 Å². The number of carbonyl (C=O) groups excluding carboxylic acids is 2. The van der Waals surface area contributed by atoms with Gasteiger partial charge in [-0.3, -0.25) is 9.59 Å². The van der Waals surface area contributed by atoms with E-state index in [-0.39, 0.29) is 11.9 Å². The summed E-state index contributed by atoms with van der Waals surface area (Å²) in [7, 11) is 0. The van der Waals surface area contributed by atoms with Gasteiger partial charge in [0.15, 0.2) is 0 Å². The Bertz CT molecular complexity index is 1320. The Morgan fingerprint density at radius 3 is 2.22 bits per heavy atom. The number of unbranched alkanes of at least 4 members (excludes halogenated alkanes) is 1. The lowest BCUT2D eigenvalue weighted by Gasteiger charge is -2.16. The summed E-state index contributed by atoms with van der Waals surface area (Å²) < 4.78 is 10.8. The number of benzene rings is 3. The number of nitrogens with one attached hydrogen (secondary N) is 2. The first-order valence-corrected chi connectivity index (χ1v) is 12.2. The van der Waals surface area contributed by atoms with Crippen molar-refractivity contribution in [2.45, 2.75) is 39.7 Å². The van der Waals surface area contributed by atoms with E-state index in [1.54, 1.807) is 6.92 Å². The van der Waals surface area contributed by atoms with Crippen molar-refractivity contribution in [2.75, 3.05) is 23.8 Å². The first-order chi connectivity index (χ1) is 17.5. The standard InChI is InChI=1S/C29H31N3O4/c1-3-36-28(34)14-8-9-15-35-19-21-16-22(30-20(2)33)18-23(17-21)31-29-24-10-4-6-12-26(24)32-27-13-7-5-11-25(27)29/h4-7,10-13,16-18H,3,8-9,14-15,19H2,1-2H3,(H,30,33)(H,31,32). The lowest BCUT2D eigenvalue weighted by molar-refractivity contribution is -0.143. The summed E-state index contributed by atoms with van der Waals surface area (Å²) in [5.74, 6) is -0.315. The maximum absolute atomic E-state index is 11.8. The number of ether oxygens (including phenoxy) is 2. The molecule has 0 aliphatic rings. The second-order valence-electron chi connectivity index (χ2n) is 8.56. The van der Waals surface area contributed by atoms with Crippen molar-refractivity contribution in [2.24, 2.45) is 0 Å². The molecule has 186 valence electrons. The summed E-state index contributed by atoms with van der Waals surface area (Å²) in [6.07, 6.45) is 1.89. The molecule has 1 amide bonds. The van der Waals surface area contributed by atoms with Crippen molar-refractivity contribution in [3.8, 4) is 0 Å². The zero-order valence-corrected chi connectivity index (χ0v) is 20.7. The number of anilines is 3. The van der Waals surface area contributed by atoms with E-state index in [9.17, 15) is 9.59 Å². The number of pyridine rings is 1. The molecule has 0 saturated heterocycles. The van der Waals surface area contributed by atoms with Crippen LogP contribution in [0.2, 0.25) is 0 Å². The maximum Gasteiger partial charge on any atom is 0.305 e. The number of amides is 1. The molecule has 2 N–H and O–H groups in total. The first kappa shape index (κ1) is 25.1. The third-order valence-corrected chi connectivity index (χ3v) is 5.66. The van der Waals surface area contributed by atoms with Crippen molar-refractivity contribution in [1.29, 1.82) is 0 Å². The minimum Gasteiger partial charge on any atom is -0.466 e. The van der Waals surface area contributed by atoms with Crippen molar-refractivity contribution >= 4 is 50.7 Å². The van der Waals surface area contributed by atoms with Crippen LogP contribution in [0.5, 0.6) is 0 Å². The summed E-state index contributed by atoms with van der Waals surface area (Å²) in [5, 5.41) is 8.49. The molecule has 0 aliphatic heterocycles. The highest BCUT2D eigenvalue weighted by Crippen LogP contribution is 2.34. The smallest absolute Gasteiger partial charge is 0.305 e. The Labute approximate surface area is 210 Å². The zero-order valence-electron chi connectivity index (χ0n) is 20.7. The third-order valence-electron chi connectivity index (χ3n) is 5.66. The summed E-state index contributed by atoms with van der Waals surface area (Å²) in [5.41, 5.74) is 5.23. The summed E-state index contributed by atoms with van der Waals surface area (Å²) in [6.45, 7) is 4.62. The van der Waals surface area contributed by atoms with Crippen molar-refractivity contribution in [3.05, 3.63) is 72.3 Å². The summed E-state index contributed by atoms with van der Waals surface area (Å²) in [4.78, 5) is 28.0. The van der Waals surface area contributed by atoms with E-state index >= 15 is 0 Å². The fraction of sp³-hybridized carbons (Fsp3) is 0.276. The fourth-order valence-electron chi connectivity index (χ4n) is 4.14. The number of fused-ring (bicyclic) bond motifs is 2. The Morgan fingerprint density at radius 1 is 0.889 bits per heavy atom. The van der Waals surface area contributed by atoms with E-state index in [1.165, 1.54) is 6.92 Å². The van der Waals surface area contributed by atoms with Gasteiger partial charge in [0.25, 0.3) is 0 Å². The van der Waals surface area contributed by atoms with Gasteiger partial charge in [-0.25, -0.2) is 4.98 Å². The van der Waals surface area contributed by atoms with Crippen LogP contribution < -0.4 is 10.6 Å². The molecular weight excluding hydrogens is 454 g/mol. The number of aromatic nitrogens is 1. The molecule has 1 aromatic heterocycles. The molecule has 4 rings (SSSR count). The average molecular weight is 486 g/mol. The van der Waals surface area contributed by atoms with Gasteiger partial charge in [0.1, 0.15) is 0 Å². The van der Waals surface area contributed by atoms with Crippen LogP contribution >= 0.6 is 0 Å². The summed E-state index contributed by atoms with van der Waals surface area (Å²) >= 11 is 0. The maximum atomic E-state index is 11.8. The van der Waals surface area contributed by atoms with E-state index < -0.39 is 0 Å². The predicted octanol–water partition coefficient (Wildman–Crippen LogP) is 6.34. The molecule has 0 bridgehead atoms. The molecule has 7 heteroatoms. The molecule has 3 aromatic carbocycles. The van der Waals surface area contributed by atoms with Gasteiger partial charge in [-0.05, 0) is 55.7 Å². The Morgan fingerprint density at radius 2 is 1.56 bits per heavy atom. The number of rotatable bonds is 11. The molecule has 7 nitrogen and oxygen atoms in total. The lowest BCUT2D eigenvalue weighted by atomic mass is 10.1. The van der Waals surface area contributed by atoms with E-state index in [0.717, 1.165) is 51.6 Å². The van der Waals surface area contributed by atoms with Crippen LogP contribution in [-0.4, -0.2) is 30.1 Å². The van der Waals surface area contributed by atoms with E-state index in [2.05, 4.69) is 22.8 Å². The Kier molecular flexibility index (Phi) is 8.47. The molecule has 1 heterocycles. The van der Waals surface area contributed by atoms with Crippen LogP contribution in [0.4, 0.5) is 17.1 Å². The van der Waals surface area contributed by atoms with Gasteiger partial charge in [-0.15, -0.1) is 0 Å². The monoisotopic (exact) mass is 485 g/mol. The highest BCUT2D eigenvalue weighted by Gasteiger charge is 2.11. The molecule has 0 atom stereocenters. The van der Waals surface area contributed by atoms with Crippen LogP contribution in [0.1, 0.15) is 38.7 Å². The fourth-order valence-corrected chi connectivity index (χ4v) is 4.14. The minimum absolute atomic E-state index is 0.141. The number of nitrogens with zero attached hydrogens (tertiary/aromatic N) is 1. The SMILES string of the molecule is CCOC(=O)CCCCOCc1cc(NC(C)=O)cc(Nc2c3ccccc3nc3ccccc23)c1. The van der Waals surface area contributed by atoms with Crippen molar-refractivity contribution < 1.29 is 19.1 Å². The normalized spacial score (nSPS) is 10.9. The third kappa shape index (κ3) is 6.58. The molecule has 36 heavy (non-hydrogen) atoms.